The second kappa shape index (κ2) is 4.49. The molecule has 0 unspecified atom stereocenters. The quantitative estimate of drug-likeness (QED) is 0.707. The number of furan rings is 1. The first kappa shape index (κ1) is 10.4. The van der Waals surface area contributed by atoms with Crippen LogP contribution in [0.25, 0.3) is 0 Å². The van der Waals surface area contributed by atoms with Gasteiger partial charge in [0.2, 0.25) is 0 Å². The van der Waals surface area contributed by atoms with Gasteiger partial charge < -0.3 is 15.1 Å². The molecule has 0 aliphatic heterocycles. The molecule has 1 aromatic heterocycles. The van der Waals surface area contributed by atoms with E-state index < -0.39 is 0 Å². The predicted molar refractivity (Wildman–Crippen MR) is 52.4 cm³/mol. The van der Waals surface area contributed by atoms with Crippen LogP contribution < -0.4 is 5.73 Å². The molecular weight excluding hydrogens is 180 g/mol. The Hall–Kier alpha value is -1.73. The third-order valence-corrected chi connectivity index (χ3v) is 1.75. The van der Waals surface area contributed by atoms with Crippen molar-refractivity contribution in [3.63, 3.8) is 0 Å². The number of carbonyl (C=O) groups is 1. The van der Waals surface area contributed by atoms with E-state index in [1.165, 1.54) is 4.90 Å². The van der Waals surface area contributed by atoms with Crippen LogP contribution >= 0.6 is 0 Å². The van der Waals surface area contributed by atoms with E-state index in [2.05, 4.69) is 5.92 Å². The summed E-state index contributed by atoms with van der Waals surface area (Å²) in [5, 5.41) is 0. The molecule has 0 atom stereocenters. The molecule has 14 heavy (non-hydrogen) atoms. The van der Waals surface area contributed by atoms with E-state index in [0.717, 1.165) is 0 Å². The Morgan fingerprint density at radius 2 is 2.43 bits per heavy atom. The largest absolute Gasteiger partial charge is 0.455 e. The second-order valence-corrected chi connectivity index (χ2v) is 2.84. The van der Waals surface area contributed by atoms with Crippen molar-refractivity contribution < 1.29 is 9.21 Å². The van der Waals surface area contributed by atoms with Gasteiger partial charge in [0.25, 0.3) is 5.91 Å². The fraction of sp³-hybridized carbons (Fsp3) is 0.300. The maximum Gasteiger partial charge on any atom is 0.290 e. The van der Waals surface area contributed by atoms with Crippen molar-refractivity contribution in [2.45, 2.75) is 6.54 Å². The molecule has 0 saturated heterocycles. The highest BCUT2D eigenvalue weighted by Crippen LogP contribution is 2.09. The lowest BCUT2D eigenvalue weighted by Gasteiger charge is -2.11. The van der Waals surface area contributed by atoms with Crippen molar-refractivity contribution in [3.05, 3.63) is 23.7 Å². The number of hydrogen-bond donors (Lipinski definition) is 1. The summed E-state index contributed by atoms with van der Waals surface area (Å²) < 4.78 is 5.18. The van der Waals surface area contributed by atoms with Gasteiger partial charge in [-0.05, 0) is 12.1 Å². The number of nitrogens with two attached hydrogens (primary N) is 1. The Labute approximate surface area is 82.7 Å². The third-order valence-electron chi connectivity index (χ3n) is 1.75. The van der Waals surface area contributed by atoms with Crippen molar-refractivity contribution >= 4 is 5.91 Å². The minimum atomic E-state index is -0.234. The van der Waals surface area contributed by atoms with Crippen LogP contribution in [0.15, 0.2) is 16.5 Å². The fourth-order valence-electron chi connectivity index (χ4n) is 0.999. The van der Waals surface area contributed by atoms with E-state index in [4.69, 9.17) is 16.6 Å². The van der Waals surface area contributed by atoms with Gasteiger partial charge in [-0.15, -0.1) is 6.42 Å². The number of rotatable bonds is 3. The van der Waals surface area contributed by atoms with Crippen LogP contribution in [0.3, 0.4) is 0 Å². The Bertz CT molecular complexity index is 362. The van der Waals surface area contributed by atoms with Crippen molar-refractivity contribution in [1.29, 1.82) is 0 Å². The zero-order valence-electron chi connectivity index (χ0n) is 7.99. The van der Waals surface area contributed by atoms with Crippen LogP contribution in [0.4, 0.5) is 0 Å². The van der Waals surface area contributed by atoms with Gasteiger partial charge in [-0.3, -0.25) is 4.79 Å². The standard InChI is InChI=1S/C10H12N2O2/c1-3-6-12(2)10(13)9-5-4-8(7-11)14-9/h1,4-5H,6-7,11H2,2H3. The topological polar surface area (TPSA) is 59.5 Å². The summed E-state index contributed by atoms with van der Waals surface area (Å²) in [7, 11) is 1.62. The molecule has 1 heterocycles. The average molecular weight is 192 g/mol. The lowest BCUT2D eigenvalue weighted by atomic mass is 10.4. The minimum absolute atomic E-state index is 0.234. The van der Waals surface area contributed by atoms with Crippen molar-refractivity contribution in [2.24, 2.45) is 5.73 Å². The van der Waals surface area contributed by atoms with Crippen LogP contribution in [0, 0.1) is 12.3 Å². The fourth-order valence-corrected chi connectivity index (χ4v) is 0.999. The third kappa shape index (κ3) is 2.15. The normalized spacial score (nSPS) is 9.50. The summed E-state index contributed by atoms with van der Waals surface area (Å²) in [6.45, 7) is 0.545. The summed E-state index contributed by atoms with van der Waals surface area (Å²) in [4.78, 5) is 13.0. The monoisotopic (exact) mass is 192 g/mol. The molecule has 0 bridgehead atoms. The number of carbonyl (C=O) groups excluding carboxylic acids is 1. The van der Waals surface area contributed by atoms with Gasteiger partial charge in [0, 0.05) is 7.05 Å². The summed E-state index contributed by atoms with van der Waals surface area (Å²) in [5.41, 5.74) is 5.35. The van der Waals surface area contributed by atoms with Crippen molar-refractivity contribution in [3.8, 4) is 12.3 Å². The zero-order valence-corrected chi connectivity index (χ0v) is 7.99. The Morgan fingerprint density at radius 3 is 2.93 bits per heavy atom. The van der Waals surface area contributed by atoms with E-state index in [1.807, 2.05) is 0 Å². The van der Waals surface area contributed by atoms with Crippen molar-refractivity contribution in [2.75, 3.05) is 13.6 Å². The molecule has 2 N–H and O–H groups in total. The first-order chi connectivity index (χ1) is 6.69. The lowest BCUT2D eigenvalue weighted by Crippen LogP contribution is -2.26. The lowest BCUT2D eigenvalue weighted by molar-refractivity contribution is 0.0779. The highest BCUT2D eigenvalue weighted by Gasteiger charge is 2.14. The van der Waals surface area contributed by atoms with Crippen molar-refractivity contribution in [1.82, 2.24) is 4.90 Å². The summed E-state index contributed by atoms with van der Waals surface area (Å²) in [5.74, 6) is 3.00. The van der Waals surface area contributed by atoms with Crippen LogP contribution in [-0.4, -0.2) is 24.4 Å². The maximum absolute atomic E-state index is 11.6. The first-order valence-electron chi connectivity index (χ1n) is 4.16. The molecule has 0 radical (unpaired) electrons. The number of terminal acetylenes is 1. The van der Waals surface area contributed by atoms with Gasteiger partial charge >= 0.3 is 0 Å². The summed E-state index contributed by atoms with van der Waals surface area (Å²) in [6.07, 6.45) is 5.08. The Morgan fingerprint density at radius 1 is 1.71 bits per heavy atom. The van der Waals surface area contributed by atoms with E-state index in [-0.39, 0.29) is 24.8 Å². The highest BCUT2D eigenvalue weighted by molar-refractivity contribution is 5.91. The summed E-state index contributed by atoms with van der Waals surface area (Å²) in [6, 6.07) is 3.27. The first-order valence-corrected chi connectivity index (χ1v) is 4.16. The molecule has 0 fully saturated rings. The second-order valence-electron chi connectivity index (χ2n) is 2.84. The summed E-state index contributed by atoms with van der Waals surface area (Å²) >= 11 is 0. The number of amides is 1. The van der Waals surface area contributed by atoms with E-state index in [1.54, 1.807) is 19.2 Å². The zero-order chi connectivity index (χ0) is 10.6. The van der Waals surface area contributed by atoms with Crippen LogP contribution in [0.2, 0.25) is 0 Å². The van der Waals surface area contributed by atoms with Gasteiger partial charge in [0.1, 0.15) is 5.76 Å². The molecule has 0 aliphatic carbocycles. The molecule has 1 aromatic rings. The Balaban J connectivity index is 2.74. The molecule has 0 spiro atoms. The van der Waals surface area contributed by atoms with Gasteiger partial charge in [0.05, 0.1) is 13.1 Å². The molecule has 4 nitrogen and oxygen atoms in total. The van der Waals surface area contributed by atoms with Crippen LogP contribution in [0.1, 0.15) is 16.3 Å². The van der Waals surface area contributed by atoms with Gasteiger partial charge in [-0.2, -0.15) is 0 Å². The van der Waals surface area contributed by atoms with Gasteiger partial charge in [-0.25, -0.2) is 0 Å². The molecule has 1 amide bonds. The smallest absolute Gasteiger partial charge is 0.290 e. The highest BCUT2D eigenvalue weighted by atomic mass is 16.4. The number of hydrogen-bond acceptors (Lipinski definition) is 3. The van der Waals surface area contributed by atoms with E-state index >= 15 is 0 Å². The van der Waals surface area contributed by atoms with Gasteiger partial charge in [0.15, 0.2) is 5.76 Å². The van der Waals surface area contributed by atoms with Crippen LogP contribution in [0.5, 0.6) is 0 Å². The molecular formula is C10H12N2O2. The van der Waals surface area contributed by atoms with Gasteiger partial charge in [-0.1, -0.05) is 5.92 Å². The minimum Gasteiger partial charge on any atom is -0.455 e. The maximum atomic E-state index is 11.6. The predicted octanol–water partition coefficient (Wildman–Crippen LogP) is 0.444. The van der Waals surface area contributed by atoms with E-state index in [0.29, 0.717) is 5.76 Å². The molecule has 0 aliphatic rings. The molecule has 4 heteroatoms. The SMILES string of the molecule is C#CCN(C)C(=O)c1ccc(CN)o1. The van der Waals surface area contributed by atoms with Crippen LogP contribution in [-0.2, 0) is 6.54 Å². The number of nitrogens with zero attached hydrogens (tertiary/aromatic N) is 1. The molecule has 0 saturated carbocycles. The molecule has 1 rings (SSSR count). The molecule has 74 valence electrons. The Kier molecular flexibility index (Phi) is 3.32. The van der Waals surface area contributed by atoms with E-state index in [9.17, 15) is 4.79 Å². The average Bonchev–Trinajstić information content (AvgIpc) is 2.65. The molecule has 0 aromatic carbocycles.